The zero-order valence-electron chi connectivity index (χ0n) is 11.6. The number of ether oxygens (including phenoxy) is 1. The van der Waals surface area contributed by atoms with E-state index in [0.717, 1.165) is 6.42 Å². The van der Waals surface area contributed by atoms with Gasteiger partial charge in [-0.15, -0.1) is 4.91 Å². The van der Waals surface area contributed by atoms with Gasteiger partial charge >= 0.3 is 6.03 Å². The normalized spacial score (nSPS) is 32.5. The van der Waals surface area contributed by atoms with Crippen molar-refractivity contribution in [3.63, 3.8) is 0 Å². The topological polar surface area (TPSA) is 152 Å². The Bertz CT molecular complexity index is 355. The van der Waals surface area contributed by atoms with E-state index in [4.69, 9.17) is 9.84 Å². The monoisotopic (exact) mass is 307 g/mol. The molecule has 1 rings (SSSR count). The molecule has 5 N–H and O–H groups in total. The summed E-state index contributed by atoms with van der Waals surface area (Å²) in [6.07, 6.45) is -5.92. The fourth-order valence-electron chi connectivity index (χ4n) is 1.90. The Morgan fingerprint density at radius 2 is 1.95 bits per heavy atom. The fraction of sp³-hybridized carbons (Fsp3) is 0.909. The Morgan fingerprint density at radius 1 is 1.29 bits per heavy atom. The Morgan fingerprint density at radius 3 is 2.48 bits per heavy atom. The number of carbonyl (C=O) groups is 1. The highest BCUT2D eigenvalue weighted by Crippen LogP contribution is 2.19. The number of unbranched alkanes of at least 4 members (excludes halogenated alkanes) is 1. The number of carbonyl (C=O) groups excluding carboxylic acids is 1. The van der Waals surface area contributed by atoms with Crippen LogP contribution in [0.4, 0.5) is 4.79 Å². The third kappa shape index (κ3) is 4.32. The lowest BCUT2D eigenvalue weighted by Crippen LogP contribution is -2.64. The quantitative estimate of drug-likeness (QED) is 0.289. The molecule has 1 fully saturated rings. The van der Waals surface area contributed by atoms with Gasteiger partial charge < -0.3 is 30.5 Å². The molecule has 0 aromatic rings. The first-order chi connectivity index (χ1) is 9.96. The molecule has 2 amide bonds. The van der Waals surface area contributed by atoms with Crippen LogP contribution in [-0.2, 0) is 4.74 Å². The minimum atomic E-state index is -1.61. The molecular formula is C11H21N3O7. The first kappa shape index (κ1) is 17.7. The van der Waals surface area contributed by atoms with Crippen LogP contribution >= 0.6 is 0 Å². The predicted molar refractivity (Wildman–Crippen MR) is 69.7 cm³/mol. The maximum Gasteiger partial charge on any atom is 0.342 e. The van der Waals surface area contributed by atoms with E-state index in [1.807, 2.05) is 6.92 Å². The van der Waals surface area contributed by atoms with Crippen molar-refractivity contribution < 1.29 is 30.0 Å². The van der Waals surface area contributed by atoms with Crippen LogP contribution in [0.3, 0.4) is 0 Å². The van der Waals surface area contributed by atoms with E-state index in [1.54, 1.807) is 0 Å². The van der Waals surface area contributed by atoms with Crippen molar-refractivity contribution >= 4 is 6.03 Å². The molecule has 122 valence electrons. The highest BCUT2D eigenvalue weighted by molar-refractivity contribution is 5.74. The van der Waals surface area contributed by atoms with Gasteiger partial charge in [0.05, 0.1) is 11.9 Å². The molecule has 0 aliphatic carbocycles. The Labute approximate surface area is 121 Å². The summed E-state index contributed by atoms with van der Waals surface area (Å²) in [5.41, 5.74) is 0. The third-order valence-corrected chi connectivity index (χ3v) is 3.21. The van der Waals surface area contributed by atoms with Crippen LogP contribution in [0.15, 0.2) is 5.29 Å². The van der Waals surface area contributed by atoms with Crippen LogP contribution in [-0.4, -0.2) is 75.3 Å². The number of nitrogens with zero attached hydrogens (tertiary/aromatic N) is 2. The Balaban J connectivity index is 2.67. The Kier molecular flexibility index (Phi) is 6.92. The summed E-state index contributed by atoms with van der Waals surface area (Å²) in [4.78, 5) is 22.4. The molecule has 0 bridgehead atoms. The van der Waals surface area contributed by atoms with Crippen molar-refractivity contribution in [2.45, 2.75) is 50.4 Å². The largest absolute Gasteiger partial charge is 0.394 e. The molecule has 0 radical (unpaired) electrons. The third-order valence-electron chi connectivity index (χ3n) is 3.21. The second-order valence-electron chi connectivity index (χ2n) is 4.76. The van der Waals surface area contributed by atoms with Gasteiger partial charge in [0.25, 0.3) is 0 Å². The van der Waals surface area contributed by atoms with Gasteiger partial charge in [0.2, 0.25) is 0 Å². The first-order valence-electron chi connectivity index (χ1n) is 6.68. The van der Waals surface area contributed by atoms with Crippen molar-refractivity contribution in [2.24, 2.45) is 5.29 Å². The van der Waals surface area contributed by atoms with Crippen molar-refractivity contribution in [3.05, 3.63) is 4.91 Å². The second-order valence-corrected chi connectivity index (χ2v) is 4.76. The van der Waals surface area contributed by atoms with Gasteiger partial charge in [-0.3, -0.25) is 0 Å². The molecule has 1 aliphatic heterocycles. The van der Waals surface area contributed by atoms with Gasteiger partial charge in [0.1, 0.15) is 24.4 Å². The van der Waals surface area contributed by atoms with E-state index in [0.29, 0.717) is 11.4 Å². The molecule has 0 saturated carbocycles. The van der Waals surface area contributed by atoms with Crippen LogP contribution in [0, 0.1) is 4.91 Å². The van der Waals surface area contributed by atoms with Crippen LogP contribution < -0.4 is 5.32 Å². The highest BCUT2D eigenvalue weighted by Gasteiger charge is 2.44. The molecule has 0 aromatic heterocycles. The van der Waals surface area contributed by atoms with Crippen molar-refractivity contribution in [1.82, 2.24) is 10.3 Å². The summed E-state index contributed by atoms with van der Waals surface area (Å²) in [6, 6.07) is -0.900. The molecular weight excluding hydrogens is 286 g/mol. The summed E-state index contributed by atoms with van der Waals surface area (Å²) in [5.74, 6) is 0. The molecule has 0 spiro atoms. The smallest absolute Gasteiger partial charge is 0.342 e. The summed E-state index contributed by atoms with van der Waals surface area (Å²) in [5, 5.41) is 43.3. The SMILES string of the molecule is CCCCN(N=O)C(=O)N[C@@H]1O[C@H](CO)[C@@H](O)[C@H](O)[C@H]1O. The molecule has 10 nitrogen and oxygen atoms in total. The average Bonchev–Trinajstić information content (AvgIpc) is 2.48. The molecule has 0 unspecified atom stereocenters. The number of aliphatic hydroxyl groups is 4. The van der Waals surface area contributed by atoms with Gasteiger partial charge in [-0.2, -0.15) is 5.01 Å². The zero-order chi connectivity index (χ0) is 16.0. The van der Waals surface area contributed by atoms with Gasteiger partial charge in [-0.05, 0) is 6.42 Å². The van der Waals surface area contributed by atoms with Gasteiger partial charge in [-0.1, -0.05) is 13.3 Å². The van der Waals surface area contributed by atoms with Gasteiger partial charge in [0, 0.05) is 6.54 Å². The number of nitroso groups, excluding NO2 is 1. The molecule has 21 heavy (non-hydrogen) atoms. The highest BCUT2D eigenvalue weighted by atomic mass is 16.6. The van der Waals surface area contributed by atoms with Gasteiger partial charge in [0.15, 0.2) is 6.23 Å². The van der Waals surface area contributed by atoms with Crippen LogP contribution in [0.25, 0.3) is 0 Å². The number of aliphatic hydroxyl groups excluding tert-OH is 4. The molecule has 5 atom stereocenters. The molecule has 1 saturated heterocycles. The zero-order valence-corrected chi connectivity index (χ0v) is 11.6. The van der Waals surface area contributed by atoms with E-state index >= 15 is 0 Å². The lowest BCUT2D eigenvalue weighted by Gasteiger charge is -2.40. The van der Waals surface area contributed by atoms with E-state index in [1.165, 1.54) is 0 Å². The molecule has 0 aromatic carbocycles. The minimum Gasteiger partial charge on any atom is -0.394 e. The average molecular weight is 307 g/mol. The molecule has 1 aliphatic rings. The molecule has 1 heterocycles. The van der Waals surface area contributed by atoms with Crippen molar-refractivity contribution in [1.29, 1.82) is 0 Å². The van der Waals surface area contributed by atoms with Gasteiger partial charge in [-0.25, -0.2) is 4.79 Å². The Hall–Kier alpha value is -1.33. The summed E-state index contributed by atoms with van der Waals surface area (Å²) < 4.78 is 5.09. The van der Waals surface area contributed by atoms with E-state index in [2.05, 4.69) is 10.6 Å². The maximum atomic E-state index is 11.8. The first-order valence-corrected chi connectivity index (χ1v) is 6.68. The lowest BCUT2D eigenvalue weighted by atomic mass is 9.98. The number of urea groups is 1. The lowest BCUT2D eigenvalue weighted by molar-refractivity contribution is -0.233. The maximum absolute atomic E-state index is 11.8. The van der Waals surface area contributed by atoms with E-state index in [9.17, 15) is 25.0 Å². The van der Waals surface area contributed by atoms with E-state index < -0.39 is 43.3 Å². The number of rotatable bonds is 6. The number of nitrogens with one attached hydrogen (secondary N) is 1. The number of amides is 2. The standard InChI is InChI=1S/C11H21N3O7/c1-2-3-4-14(13-20)11(19)12-10-9(18)8(17)7(16)6(5-15)21-10/h6-10,15-18H,2-5H2,1H3,(H,12,19)/t6-,7-,8+,9-,10-/m1/s1. The van der Waals surface area contributed by atoms with Crippen LogP contribution in [0.5, 0.6) is 0 Å². The minimum absolute atomic E-state index is 0.100. The number of hydrogen-bond acceptors (Lipinski definition) is 8. The van der Waals surface area contributed by atoms with Crippen LogP contribution in [0.1, 0.15) is 19.8 Å². The number of hydrogen-bond donors (Lipinski definition) is 5. The second kappa shape index (κ2) is 8.20. The van der Waals surface area contributed by atoms with Crippen molar-refractivity contribution in [3.8, 4) is 0 Å². The predicted octanol–water partition coefficient (Wildman–Crippen LogP) is -1.72. The molecule has 10 heteroatoms. The van der Waals surface area contributed by atoms with Crippen molar-refractivity contribution in [2.75, 3.05) is 13.2 Å². The summed E-state index contributed by atoms with van der Waals surface area (Å²) in [6.45, 7) is 1.37. The summed E-state index contributed by atoms with van der Waals surface area (Å²) >= 11 is 0. The van der Waals surface area contributed by atoms with Crippen LogP contribution in [0.2, 0.25) is 0 Å². The fourth-order valence-corrected chi connectivity index (χ4v) is 1.90. The van der Waals surface area contributed by atoms with E-state index in [-0.39, 0.29) is 6.54 Å². The summed E-state index contributed by atoms with van der Waals surface area (Å²) in [7, 11) is 0.